The van der Waals surface area contributed by atoms with Gasteiger partial charge in [0.2, 0.25) is 0 Å². The van der Waals surface area contributed by atoms with Gasteiger partial charge < -0.3 is 10.1 Å². The van der Waals surface area contributed by atoms with Crippen LogP contribution in [0.5, 0.6) is 0 Å². The smallest absolute Gasteiger partial charge is 0.0779 e. The molecule has 1 aromatic heterocycles. The summed E-state index contributed by atoms with van der Waals surface area (Å²) in [7, 11) is 0. The van der Waals surface area contributed by atoms with E-state index in [1.54, 1.807) is 0 Å². The van der Waals surface area contributed by atoms with Crippen LogP contribution in [0.3, 0.4) is 0 Å². The summed E-state index contributed by atoms with van der Waals surface area (Å²) in [6.45, 7) is 7.26. The molecule has 118 valence electrons. The molecular weight excluding hydrogens is 262 g/mol. The third-order valence-electron chi connectivity index (χ3n) is 4.80. The summed E-state index contributed by atoms with van der Waals surface area (Å²) < 4.78 is 8.42. The van der Waals surface area contributed by atoms with E-state index < -0.39 is 0 Å². The maximum atomic E-state index is 6.36. The zero-order chi connectivity index (χ0) is 14.7. The normalized spacial score (nSPS) is 24.4. The Bertz CT molecular complexity index is 449. The highest BCUT2D eigenvalue weighted by atomic mass is 16.5. The third kappa shape index (κ3) is 3.86. The van der Waals surface area contributed by atoms with Gasteiger partial charge in [-0.3, -0.25) is 4.68 Å². The van der Waals surface area contributed by atoms with Gasteiger partial charge in [-0.1, -0.05) is 26.7 Å². The summed E-state index contributed by atoms with van der Waals surface area (Å²) in [5, 5.41) is 8.10. The number of hydrogen-bond donors (Lipinski definition) is 1. The number of nitrogens with one attached hydrogen (secondary N) is 1. The lowest BCUT2D eigenvalue weighted by atomic mass is 9.98. The second kappa shape index (κ2) is 6.49. The lowest BCUT2D eigenvalue weighted by molar-refractivity contribution is -0.0429. The monoisotopic (exact) mass is 291 g/mol. The van der Waals surface area contributed by atoms with Crippen LogP contribution in [0, 0.1) is 5.92 Å². The largest absolute Gasteiger partial charge is 0.370 e. The minimum Gasteiger partial charge on any atom is -0.370 e. The highest BCUT2D eigenvalue weighted by Gasteiger charge is 2.42. The highest BCUT2D eigenvalue weighted by molar-refractivity contribution is 4.99. The summed E-state index contributed by atoms with van der Waals surface area (Å²) in [6, 6.07) is 2.12. The van der Waals surface area contributed by atoms with Crippen molar-refractivity contribution in [1.29, 1.82) is 0 Å². The molecule has 0 amide bonds. The van der Waals surface area contributed by atoms with Crippen molar-refractivity contribution in [3.8, 4) is 0 Å². The summed E-state index contributed by atoms with van der Waals surface area (Å²) in [5.41, 5.74) is 1.36. The molecule has 0 aromatic carbocycles. The molecule has 21 heavy (non-hydrogen) atoms. The first-order chi connectivity index (χ1) is 10.2. The van der Waals surface area contributed by atoms with Gasteiger partial charge in [-0.25, -0.2) is 0 Å². The van der Waals surface area contributed by atoms with Gasteiger partial charge in [-0.05, 0) is 44.2 Å². The van der Waals surface area contributed by atoms with Crippen LogP contribution in [0.4, 0.5) is 0 Å². The van der Waals surface area contributed by atoms with Crippen LogP contribution in [0.15, 0.2) is 12.3 Å². The van der Waals surface area contributed by atoms with E-state index in [4.69, 9.17) is 4.74 Å². The molecule has 2 fully saturated rings. The number of rotatable bonds is 6. The predicted molar refractivity (Wildman–Crippen MR) is 84.1 cm³/mol. The lowest BCUT2D eigenvalue weighted by Crippen LogP contribution is -2.26. The van der Waals surface area contributed by atoms with Gasteiger partial charge in [0.25, 0.3) is 0 Å². The molecule has 1 N–H and O–H groups in total. The molecule has 1 saturated heterocycles. The molecule has 0 radical (unpaired) electrons. The van der Waals surface area contributed by atoms with Crippen molar-refractivity contribution in [2.24, 2.45) is 5.92 Å². The van der Waals surface area contributed by atoms with Gasteiger partial charge >= 0.3 is 0 Å². The van der Waals surface area contributed by atoms with Crippen LogP contribution < -0.4 is 5.32 Å². The Balaban J connectivity index is 1.46. The Hall–Kier alpha value is -0.870. The summed E-state index contributed by atoms with van der Waals surface area (Å²) in [5.74, 6) is 0.682. The SMILES string of the molecule is CC(C)CNCc1ccn(CC2CCC3(CCCC3)O2)n1. The fraction of sp³-hybridized carbons (Fsp3) is 0.824. The van der Waals surface area contributed by atoms with Crippen molar-refractivity contribution in [2.45, 2.75) is 77.2 Å². The first-order valence-electron chi connectivity index (χ1n) is 8.56. The molecule has 0 bridgehead atoms. The Kier molecular flexibility index (Phi) is 4.65. The van der Waals surface area contributed by atoms with Crippen molar-refractivity contribution in [3.63, 3.8) is 0 Å². The number of aromatic nitrogens is 2. The van der Waals surface area contributed by atoms with E-state index in [9.17, 15) is 0 Å². The summed E-state index contributed by atoms with van der Waals surface area (Å²) >= 11 is 0. The molecule has 1 aliphatic heterocycles. The average molecular weight is 291 g/mol. The van der Waals surface area contributed by atoms with Crippen LogP contribution in [0.2, 0.25) is 0 Å². The van der Waals surface area contributed by atoms with Gasteiger partial charge in [-0.2, -0.15) is 5.10 Å². The predicted octanol–water partition coefficient (Wildman–Crippen LogP) is 3.12. The minimum absolute atomic E-state index is 0.236. The molecule has 1 aliphatic carbocycles. The Labute approximate surface area is 128 Å². The lowest BCUT2D eigenvalue weighted by Gasteiger charge is -2.23. The molecule has 1 unspecified atom stereocenters. The Morgan fingerprint density at radius 3 is 2.95 bits per heavy atom. The molecule has 4 nitrogen and oxygen atoms in total. The van der Waals surface area contributed by atoms with E-state index in [2.05, 4.69) is 41.2 Å². The average Bonchev–Trinajstić information content (AvgIpc) is 3.15. The van der Waals surface area contributed by atoms with Crippen molar-refractivity contribution in [2.75, 3.05) is 6.54 Å². The molecule has 2 aliphatic rings. The topological polar surface area (TPSA) is 39.1 Å². The zero-order valence-electron chi connectivity index (χ0n) is 13.5. The van der Waals surface area contributed by atoms with Crippen molar-refractivity contribution in [3.05, 3.63) is 18.0 Å². The van der Waals surface area contributed by atoms with E-state index in [1.165, 1.54) is 38.5 Å². The standard InChI is InChI=1S/C17H29N3O/c1-14(2)11-18-12-15-6-10-20(19-15)13-16-5-9-17(21-16)7-3-4-8-17/h6,10,14,16,18H,3-5,7-9,11-13H2,1-2H3. The van der Waals surface area contributed by atoms with Crippen LogP contribution in [-0.2, 0) is 17.8 Å². The maximum absolute atomic E-state index is 6.36. The fourth-order valence-corrected chi connectivity index (χ4v) is 3.71. The van der Waals surface area contributed by atoms with E-state index in [-0.39, 0.29) is 5.60 Å². The van der Waals surface area contributed by atoms with Crippen LogP contribution in [0.1, 0.15) is 58.1 Å². The van der Waals surface area contributed by atoms with Crippen LogP contribution in [-0.4, -0.2) is 28.0 Å². The quantitative estimate of drug-likeness (QED) is 0.875. The first kappa shape index (κ1) is 15.0. The van der Waals surface area contributed by atoms with Gasteiger partial charge in [0.1, 0.15) is 0 Å². The summed E-state index contributed by atoms with van der Waals surface area (Å²) in [4.78, 5) is 0. The van der Waals surface area contributed by atoms with E-state index in [1.807, 2.05) is 0 Å². The fourth-order valence-electron chi connectivity index (χ4n) is 3.71. The second-order valence-corrected chi connectivity index (χ2v) is 7.22. The molecule has 1 saturated carbocycles. The number of hydrogen-bond acceptors (Lipinski definition) is 3. The first-order valence-corrected chi connectivity index (χ1v) is 8.56. The van der Waals surface area contributed by atoms with Crippen molar-refractivity contribution in [1.82, 2.24) is 15.1 Å². The molecule has 2 heterocycles. The van der Waals surface area contributed by atoms with E-state index in [0.717, 1.165) is 25.3 Å². The third-order valence-corrected chi connectivity index (χ3v) is 4.80. The van der Waals surface area contributed by atoms with Crippen molar-refractivity contribution < 1.29 is 4.74 Å². The molecule has 1 spiro atoms. The molecule has 4 heteroatoms. The molecule has 1 aromatic rings. The number of nitrogens with zero attached hydrogens (tertiary/aromatic N) is 2. The van der Waals surface area contributed by atoms with Crippen LogP contribution >= 0.6 is 0 Å². The highest BCUT2D eigenvalue weighted by Crippen LogP contribution is 2.43. The van der Waals surface area contributed by atoms with Gasteiger partial charge in [0.15, 0.2) is 0 Å². The molecular formula is C17H29N3O. The Morgan fingerprint density at radius 2 is 2.19 bits per heavy atom. The van der Waals surface area contributed by atoms with Crippen LogP contribution in [0.25, 0.3) is 0 Å². The van der Waals surface area contributed by atoms with E-state index >= 15 is 0 Å². The van der Waals surface area contributed by atoms with Gasteiger partial charge in [0.05, 0.1) is 23.9 Å². The van der Waals surface area contributed by atoms with Gasteiger partial charge in [-0.15, -0.1) is 0 Å². The Morgan fingerprint density at radius 1 is 1.38 bits per heavy atom. The van der Waals surface area contributed by atoms with E-state index in [0.29, 0.717) is 12.0 Å². The molecule has 3 rings (SSSR count). The van der Waals surface area contributed by atoms with Crippen molar-refractivity contribution >= 4 is 0 Å². The maximum Gasteiger partial charge on any atom is 0.0779 e. The summed E-state index contributed by atoms with van der Waals surface area (Å²) in [6.07, 6.45) is 10.1. The van der Waals surface area contributed by atoms with Gasteiger partial charge in [0, 0.05) is 12.7 Å². The number of ether oxygens (including phenoxy) is 1. The minimum atomic E-state index is 0.236. The second-order valence-electron chi connectivity index (χ2n) is 7.22. The molecule has 1 atom stereocenters. The zero-order valence-corrected chi connectivity index (χ0v) is 13.5.